The molecule has 0 amide bonds. The first-order valence-corrected chi connectivity index (χ1v) is 45.5. The minimum absolute atomic E-state index is 0.430. The van der Waals surface area contributed by atoms with Crippen molar-refractivity contribution in [1.29, 1.82) is 0 Å². The van der Waals surface area contributed by atoms with Crippen molar-refractivity contribution < 1.29 is 0 Å². The van der Waals surface area contributed by atoms with E-state index in [1.54, 1.807) is 0 Å². The molecule has 132 heavy (non-hydrogen) atoms. The van der Waals surface area contributed by atoms with E-state index >= 15 is 0 Å². The Labute approximate surface area is 768 Å². The van der Waals surface area contributed by atoms with E-state index in [4.69, 9.17) is 0 Å². The fraction of sp³-hybridized carbons (Fsp3) is 0.0317. The summed E-state index contributed by atoms with van der Waals surface area (Å²) < 4.78 is 7.25. The highest BCUT2D eigenvalue weighted by Crippen LogP contribution is 2.64. The molecule has 0 unspecified atom stereocenters. The Morgan fingerprint density at radius 1 is 0.159 bits per heavy atom. The van der Waals surface area contributed by atoms with Gasteiger partial charge in [0.2, 0.25) is 0 Å². The Morgan fingerprint density at radius 2 is 0.439 bits per heavy atom. The van der Waals surface area contributed by atoms with Crippen molar-refractivity contribution in [2.24, 2.45) is 0 Å². The van der Waals surface area contributed by atoms with Crippen LogP contribution in [0, 0.1) is 0 Å². The van der Waals surface area contributed by atoms with Crippen molar-refractivity contribution >= 4 is 121 Å². The molecular weight excluding hydrogens is 1600 g/mol. The molecule has 2 aliphatic carbocycles. The van der Waals surface area contributed by atoms with Gasteiger partial charge in [0.05, 0.1) is 38.5 Å². The average molecular weight is 1690 g/mol. The van der Waals surface area contributed by atoms with Gasteiger partial charge in [-0.3, -0.25) is 0 Å². The van der Waals surface area contributed by atoms with Crippen molar-refractivity contribution in [3.8, 4) is 83.8 Å². The summed E-state index contributed by atoms with van der Waals surface area (Å²) in [6.45, 7) is 0. The first-order chi connectivity index (χ1) is 65.2. The van der Waals surface area contributed by atoms with Gasteiger partial charge in [-0.15, -0.1) is 0 Å². The van der Waals surface area contributed by atoms with Crippen LogP contribution in [0.3, 0.4) is 0 Å². The lowest BCUT2D eigenvalue weighted by atomic mass is 9.70. The quantitative estimate of drug-likeness (QED) is 0.115. The van der Waals surface area contributed by atoms with Gasteiger partial charge in [0.1, 0.15) is 0 Å². The molecule has 0 saturated heterocycles. The number of benzene rings is 21. The number of fused-ring (bicyclic) bond motifs is 21. The van der Waals surface area contributed by atoms with Crippen LogP contribution in [-0.2, 0) is 5.41 Å². The van der Waals surface area contributed by atoms with Gasteiger partial charge in [-0.05, 0) is 280 Å². The maximum atomic E-state index is 2.48. The lowest BCUT2D eigenvalue weighted by Crippen LogP contribution is -2.26. The van der Waals surface area contributed by atoms with Gasteiger partial charge in [-0.1, -0.05) is 322 Å². The molecular formula is C126H90N6. The van der Waals surface area contributed by atoms with Gasteiger partial charge in [0, 0.05) is 105 Å². The molecule has 1 spiro atoms. The Balaban J connectivity index is 0.000000110. The standard InChI is InChI=1S/C45H32N2.C44H30N2.C37H28N2/c1-46(35-15-3-2-4-16-35)36-23-25-37(26-24-36)47-44-27-21-33(40-19-9-13-31-11-5-7-17-38(31)40)29-42(44)43-30-34(22-28-45(43)47)41-20-10-14-32-12-6-8-18-39(32)41;1-45(29-13-3-2-4-14-29)30-23-25-34-35-26-24-31(46-42-21-11-7-17-36(42)37-18-8-12-22-43(37)46)28-41(35)44(40(34)27-30)38-19-9-5-15-32(38)33-16-6-10-20-39(33)44;1-38(31-15-9-4-10-16-31)32-19-21-33(22-20-32)39-36-23-17-29(27-11-5-2-6-12-27)25-34(36)35-26-30(18-24-37(35)39)28-13-7-3-8-14-28/h2-30H,1H3;2-28H,1H3;2-26H,1H3. The second-order valence-corrected chi connectivity index (χ2v) is 34.8. The zero-order valence-corrected chi connectivity index (χ0v) is 73.4. The van der Waals surface area contributed by atoms with Crippen LogP contribution in [0.5, 0.6) is 0 Å². The summed E-state index contributed by atoms with van der Waals surface area (Å²) >= 11 is 0. The summed E-state index contributed by atoms with van der Waals surface area (Å²) in [4.78, 5) is 6.74. The molecule has 6 heteroatoms. The molecule has 0 bridgehead atoms. The maximum absolute atomic E-state index is 2.48. The molecule has 6 nitrogen and oxygen atoms in total. The lowest BCUT2D eigenvalue weighted by molar-refractivity contribution is 0.792. The molecule has 2 aliphatic rings. The molecule has 3 heterocycles. The largest absolute Gasteiger partial charge is 0.345 e. The SMILES string of the molecule is CN(c1ccccc1)c1ccc(-n2c3ccc(-c4cccc5ccccc45)cc3c3cc(-c4cccc5ccccc45)ccc32)cc1.CN(c1ccccc1)c1ccc(-n2c3ccc(-c4ccccc4)cc3c3cc(-c4ccccc4)ccc32)cc1.CN(c1ccccc1)c1ccc2c(c1)C1(c3ccccc3-c3ccccc31)c1cc(-n3c4ccccc4c4ccccc43)ccc1-2. The van der Waals surface area contributed by atoms with E-state index in [1.807, 2.05) is 0 Å². The summed E-state index contributed by atoms with van der Waals surface area (Å²) in [7, 11) is 6.40. The van der Waals surface area contributed by atoms with Crippen molar-refractivity contribution in [3.05, 3.63) is 514 Å². The summed E-state index contributed by atoms with van der Waals surface area (Å²) in [5.41, 5.74) is 37.9. The molecule has 26 rings (SSSR count). The van der Waals surface area contributed by atoms with Crippen molar-refractivity contribution in [1.82, 2.24) is 13.7 Å². The van der Waals surface area contributed by atoms with Crippen LogP contribution < -0.4 is 14.7 Å². The fourth-order valence-electron chi connectivity index (χ4n) is 21.2. The highest BCUT2D eigenvalue weighted by atomic mass is 15.1. The van der Waals surface area contributed by atoms with Crippen LogP contribution in [0.2, 0.25) is 0 Å². The van der Waals surface area contributed by atoms with Gasteiger partial charge >= 0.3 is 0 Å². The fourth-order valence-corrected chi connectivity index (χ4v) is 21.2. The van der Waals surface area contributed by atoms with Crippen molar-refractivity contribution in [3.63, 3.8) is 0 Å². The summed E-state index contributed by atoms with van der Waals surface area (Å²) in [5, 5.41) is 12.6. The predicted molar refractivity (Wildman–Crippen MR) is 559 cm³/mol. The summed E-state index contributed by atoms with van der Waals surface area (Å²) in [6.07, 6.45) is 0. The van der Waals surface area contributed by atoms with Gasteiger partial charge in [0.15, 0.2) is 0 Å². The Bertz CT molecular complexity index is 8200. The molecule has 0 aliphatic heterocycles. The van der Waals surface area contributed by atoms with E-state index in [1.165, 1.54) is 204 Å². The normalized spacial score (nSPS) is 12.1. The van der Waals surface area contributed by atoms with Crippen LogP contribution in [0.15, 0.2) is 491 Å². The highest BCUT2D eigenvalue weighted by molar-refractivity contribution is 6.15. The van der Waals surface area contributed by atoms with Crippen molar-refractivity contribution in [2.75, 3.05) is 35.8 Å². The van der Waals surface area contributed by atoms with Crippen LogP contribution >= 0.6 is 0 Å². The van der Waals surface area contributed by atoms with E-state index < -0.39 is 5.41 Å². The van der Waals surface area contributed by atoms with Crippen LogP contribution in [0.4, 0.5) is 34.1 Å². The molecule has 0 fully saturated rings. The van der Waals surface area contributed by atoms with E-state index in [-0.39, 0.29) is 0 Å². The predicted octanol–water partition coefficient (Wildman–Crippen LogP) is 33.0. The number of nitrogens with zero attached hydrogens (tertiary/aromatic N) is 6. The molecule has 21 aromatic carbocycles. The van der Waals surface area contributed by atoms with Gasteiger partial charge < -0.3 is 28.4 Å². The van der Waals surface area contributed by atoms with Crippen molar-refractivity contribution in [2.45, 2.75) is 5.41 Å². The number of rotatable bonds is 13. The van der Waals surface area contributed by atoms with Crippen LogP contribution in [0.25, 0.3) is 171 Å². The lowest BCUT2D eigenvalue weighted by Gasteiger charge is -2.31. The van der Waals surface area contributed by atoms with Crippen LogP contribution in [0.1, 0.15) is 22.3 Å². The first kappa shape index (κ1) is 78.4. The highest BCUT2D eigenvalue weighted by Gasteiger charge is 2.52. The minimum Gasteiger partial charge on any atom is -0.345 e. The van der Waals surface area contributed by atoms with Gasteiger partial charge in [-0.2, -0.15) is 0 Å². The topological polar surface area (TPSA) is 24.5 Å². The average Bonchev–Trinajstić information content (AvgIpc) is 1.50. The summed E-state index contributed by atoms with van der Waals surface area (Å²) in [5.74, 6) is 0. The van der Waals surface area contributed by atoms with Crippen LogP contribution in [-0.4, -0.2) is 34.8 Å². The Morgan fingerprint density at radius 3 is 0.871 bits per heavy atom. The minimum atomic E-state index is -0.430. The maximum Gasteiger partial charge on any atom is 0.0727 e. The number of aromatic nitrogens is 3. The second-order valence-electron chi connectivity index (χ2n) is 34.8. The summed E-state index contributed by atoms with van der Waals surface area (Å²) in [6, 6.07) is 179. The molecule has 0 radical (unpaired) electrons. The molecule has 24 aromatic rings. The number of hydrogen-bond acceptors (Lipinski definition) is 3. The second kappa shape index (κ2) is 32.7. The van der Waals surface area contributed by atoms with E-state index in [0.717, 1.165) is 22.7 Å². The number of hydrogen-bond donors (Lipinski definition) is 0. The Kier molecular flexibility index (Phi) is 19.4. The molecule has 0 N–H and O–H groups in total. The first-order valence-electron chi connectivity index (χ1n) is 45.5. The number of anilines is 6. The van der Waals surface area contributed by atoms with Gasteiger partial charge in [0.25, 0.3) is 0 Å². The van der Waals surface area contributed by atoms with E-state index in [0.29, 0.717) is 0 Å². The smallest absolute Gasteiger partial charge is 0.0727 e. The zero-order valence-electron chi connectivity index (χ0n) is 73.4. The zero-order chi connectivity index (χ0) is 87.9. The third kappa shape index (κ3) is 13.2. The molecule has 624 valence electrons. The van der Waals surface area contributed by atoms with E-state index in [2.05, 4.69) is 541 Å². The van der Waals surface area contributed by atoms with Gasteiger partial charge in [-0.25, -0.2) is 0 Å². The molecule has 3 aromatic heterocycles. The molecule has 0 atom stereocenters. The Hall–Kier alpha value is -17.1. The third-order valence-corrected chi connectivity index (χ3v) is 27.6. The number of para-hydroxylation sites is 5. The monoisotopic (exact) mass is 1690 g/mol. The molecule has 0 saturated carbocycles. The third-order valence-electron chi connectivity index (χ3n) is 27.6. The van der Waals surface area contributed by atoms with E-state index in [9.17, 15) is 0 Å².